The molecule has 1 radical (unpaired) electrons. The molecule has 2 amide bonds. The maximum atomic E-state index is 10.8. The maximum absolute atomic E-state index is 10.8. The van der Waals surface area contributed by atoms with Gasteiger partial charge in [-0.2, -0.15) is 5.32 Å². The molecule has 0 saturated carbocycles. The Morgan fingerprint density at radius 3 is 3.08 bits per heavy atom. The predicted molar refractivity (Wildman–Crippen MR) is 53.1 cm³/mol. The monoisotopic (exact) mass is 241 g/mol. The van der Waals surface area contributed by atoms with E-state index >= 15 is 0 Å². The van der Waals surface area contributed by atoms with E-state index in [9.17, 15) is 4.79 Å². The number of rotatable bonds is 2. The van der Waals surface area contributed by atoms with E-state index in [0.29, 0.717) is 5.92 Å². The molecule has 1 heterocycles. The van der Waals surface area contributed by atoms with E-state index in [1.54, 1.807) is 6.20 Å². The number of carbonyl (C=O) groups is 1. The lowest BCUT2D eigenvalue weighted by Gasteiger charge is -2.09. The van der Waals surface area contributed by atoms with Crippen molar-refractivity contribution >= 4 is 22.0 Å². The van der Waals surface area contributed by atoms with Crippen molar-refractivity contribution in [2.45, 2.75) is 19.3 Å². The summed E-state index contributed by atoms with van der Waals surface area (Å²) in [4.78, 5) is 10.8. The molecule has 0 aromatic heterocycles. The SMILES string of the molecule is O=C1[N]C(CC2CCC=C2Br)=CN1. The predicted octanol–water partition coefficient (Wildman–Crippen LogP) is 2.23. The minimum absolute atomic E-state index is 0.243. The normalized spacial score (nSPS) is 26.5. The van der Waals surface area contributed by atoms with Gasteiger partial charge in [-0.15, -0.1) is 0 Å². The third kappa shape index (κ3) is 1.94. The van der Waals surface area contributed by atoms with Crippen LogP contribution in [0, 0.1) is 5.92 Å². The highest BCUT2D eigenvalue weighted by molar-refractivity contribution is 9.11. The molecule has 1 aliphatic carbocycles. The Morgan fingerprint density at radius 2 is 2.54 bits per heavy atom. The average molecular weight is 242 g/mol. The summed E-state index contributed by atoms with van der Waals surface area (Å²) in [5, 5.41) is 6.41. The van der Waals surface area contributed by atoms with Crippen LogP contribution in [0.15, 0.2) is 22.5 Å². The van der Waals surface area contributed by atoms with Crippen LogP contribution in [0.3, 0.4) is 0 Å². The highest BCUT2D eigenvalue weighted by Gasteiger charge is 2.22. The van der Waals surface area contributed by atoms with E-state index in [0.717, 1.165) is 25.0 Å². The number of hydrogen-bond acceptors (Lipinski definition) is 1. The van der Waals surface area contributed by atoms with E-state index in [1.807, 2.05) is 0 Å². The summed E-state index contributed by atoms with van der Waals surface area (Å²) in [5.41, 5.74) is 0.863. The fourth-order valence-electron chi connectivity index (χ4n) is 1.62. The molecule has 4 heteroatoms. The molecule has 1 unspecified atom stereocenters. The molecule has 2 aliphatic rings. The molecule has 0 aromatic rings. The minimum Gasteiger partial charge on any atom is -0.311 e. The van der Waals surface area contributed by atoms with Gasteiger partial charge in [0.05, 0.1) is 5.70 Å². The van der Waals surface area contributed by atoms with Gasteiger partial charge in [0.25, 0.3) is 0 Å². The third-order valence-electron chi connectivity index (χ3n) is 2.31. The third-order valence-corrected chi connectivity index (χ3v) is 3.28. The van der Waals surface area contributed by atoms with E-state index < -0.39 is 0 Å². The van der Waals surface area contributed by atoms with Crippen LogP contribution in [-0.4, -0.2) is 6.03 Å². The van der Waals surface area contributed by atoms with Crippen molar-refractivity contribution in [1.29, 1.82) is 0 Å². The van der Waals surface area contributed by atoms with Gasteiger partial charge in [-0.25, -0.2) is 4.79 Å². The van der Waals surface area contributed by atoms with Gasteiger partial charge in [-0.3, -0.25) is 0 Å². The van der Waals surface area contributed by atoms with Gasteiger partial charge in [-0.1, -0.05) is 22.0 Å². The van der Waals surface area contributed by atoms with Crippen LogP contribution >= 0.6 is 15.9 Å². The van der Waals surface area contributed by atoms with Crippen molar-refractivity contribution in [3.05, 3.63) is 22.5 Å². The lowest BCUT2D eigenvalue weighted by atomic mass is 10.0. The van der Waals surface area contributed by atoms with Gasteiger partial charge >= 0.3 is 6.03 Å². The van der Waals surface area contributed by atoms with Crippen LogP contribution in [0.25, 0.3) is 0 Å². The molecule has 0 fully saturated rings. The van der Waals surface area contributed by atoms with Gasteiger partial charge in [0, 0.05) is 6.20 Å². The van der Waals surface area contributed by atoms with Crippen LogP contribution in [0.5, 0.6) is 0 Å². The quantitative estimate of drug-likeness (QED) is 0.792. The molecular formula is C9H10BrN2O. The second-order valence-corrected chi connectivity index (χ2v) is 4.18. The van der Waals surface area contributed by atoms with Crippen LogP contribution in [0.1, 0.15) is 19.3 Å². The van der Waals surface area contributed by atoms with Crippen molar-refractivity contribution in [2.24, 2.45) is 5.92 Å². The minimum atomic E-state index is -0.243. The first-order chi connectivity index (χ1) is 6.25. The van der Waals surface area contributed by atoms with Gasteiger partial charge < -0.3 is 5.32 Å². The number of nitrogens with one attached hydrogen (secondary N) is 1. The fraction of sp³-hybridized carbons (Fsp3) is 0.444. The van der Waals surface area contributed by atoms with Gasteiger partial charge in [0.2, 0.25) is 0 Å². The Kier molecular flexibility index (Phi) is 2.40. The van der Waals surface area contributed by atoms with E-state index in [1.165, 1.54) is 4.48 Å². The topological polar surface area (TPSA) is 43.2 Å². The van der Waals surface area contributed by atoms with Crippen molar-refractivity contribution in [2.75, 3.05) is 0 Å². The number of urea groups is 1. The fourth-order valence-corrected chi connectivity index (χ4v) is 2.24. The first-order valence-corrected chi connectivity index (χ1v) is 5.12. The highest BCUT2D eigenvalue weighted by atomic mass is 79.9. The van der Waals surface area contributed by atoms with Crippen LogP contribution in [0.4, 0.5) is 4.79 Å². The molecule has 13 heavy (non-hydrogen) atoms. The number of carbonyl (C=O) groups excluding carboxylic acids is 1. The molecule has 0 spiro atoms. The first-order valence-electron chi connectivity index (χ1n) is 4.32. The van der Waals surface area contributed by atoms with Gasteiger partial charge in [0.1, 0.15) is 0 Å². The van der Waals surface area contributed by atoms with Crippen molar-refractivity contribution < 1.29 is 4.79 Å². The molecule has 0 aromatic carbocycles. The molecule has 1 atom stereocenters. The summed E-state index contributed by atoms with van der Waals surface area (Å²) >= 11 is 3.51. The number of hydrogen-bond donors (Lipinski definition) is 1. The summed E-state index contributed by atoms with van der Waals surface area (Å²) in [6.07, 6.45) is 7.02. The smallest absolute Gasteiger partial charge is 0.311 e. The second-order valence-electron chi connectivity index (χ2n) is 3.26. The number of amides is 2. The Bertz CT molecular complexity index is 296. The van der Waals surface area contributed by atoms with Gasteiger partial charge in [0.15, 0.2) is 0 Å². The molecule has 0 bridgehead atoms. The summed E-state index contributed by atoms with van der Waals surface area (Å²) in [7, 11) is 0. The summed E-state index contributed by atoms with van der Waals surface area (Å²) in [6.45, 7) is 0. The maximum Gasteiger partial charge on any atom is 0.345 e. The Balaban J connectivity index is 1.92. The number of allylic oxidation sites excluding steroid dienone is 3. The van der Waals surface area contributed by atoms with Crippen LogP contribution < -0.4 is 10.6 Å². The Labute approximate surface area is 85.4 Å². The van der Waals surface area contributed by atoms with Crippen LogP contribution in [0.2, 0.25) is 0 Å². The first kappa shape index (κ1) is 8.81. The standard InChI is InChI=1S/C9H10BrN2O/c10-8-3-1-2-6(8)4-7-5-11-9(13)12-7/h3,5-6H,1-2,4H2,(H,11,13). The highest BCUT2D eigenvalue weighted by Crippen LogP contribution is 2.34. The van der Waals surface area contributed by atoms with Gasteiger partial charge in [-0.05, 0) is 29.7 Å². The Morgan fingerprint density at radius 1 is 1.69 bits per heavy atom. The van der Waals surface area contributed by atoms with E-state index in [-0.39, 0.29) is 6.03 Å². The molecule has 69 valence electrons. The molecule has 3 nitrogen and oxygen atoms in total. The lowest BCUT2D eigenvalue weighted by molar-refractivity contribution is 0.248. The number of halogens is 1. The average Bonchev–Trinajstić information content (AvgIpc) is 2.64. The summed E-state index contributed by atoms with van der Waals surface area (Å²) in [5.74, 6) is 0.516. The Hall–Kier alpha value is -0.770. The van der Waals surface area contributed by atoms with Crippen molar-refractivity contribution in [3.63, 3.8) is 0 Å². The van der Waals surface area contributed by atoms with E-state index in [2.05, 4.69) is 32.6 Å². The zero-order chi connectivity index (χ0) is 9.26. The lowest BCUT2D eigenvalue weighted by Crippen LogP contribution is -2.16. The van der Waals surface area contributed by atoms with Crippen molar-refractivity contribution in [1.82, 2.24) is 10.6 Å². The molecule has 0 saturated heterocycles. The number of nitrogens with zero attached hydrogens (tertiary/aromatic N) is 1. The summed E-state index contributed by atoms with van der Waals surface area (Å²) in [6, 6.07) is -0.243. The zero-order valence-corrected chi connectivity index (χ0v) is 8.67. The molecular weight excluding hydrogens is 232 g/mol. The second kappa shape index (κ2) is 3.54. The van der Waals surface area contributed by atoms with E-state index in [4.69, 9.17) is 0 Å². The van der Waals surface area contributed by atoms with Crippen LogP contribution in [-0.2, 0) is 0 Å². The largest absolute Gasteiger partial charge is 0.345 e. The van der Waals surface area contributed by atoms with Crippen molar-refractivity contribution in [3.8, 4) is 0 Å². The zero-order valence-electron chi connectivity index (χ0n) is 7.09. The molecule has 1 N–H and O–H groups in total. The summed E-state index contributed by atoms with van der Waals surface area (Å²) < 4.78 is 1.25. The molecule has 2 rings (SSSR count). The molecule has 1 aliphatic heterocycles.